The number of amides is 2. The maximum Gasteiger partial charge on any atom is 0.262 e. The largest absolute Gasteiger partial charge is 0.484 e. The molecule has 1 heterocycles. The zero-order chi connectivity index (χ0) is 17.6. The molecule has 0 atom stereocenters. The van der Waals surface area contributed by atoms with Crippen molar-refractivity contribution in [1.29, 1.82) is 0 Å². The molecule has 0 saturated carbocycles. The molecule has 1 saturated heterocycles. The van der Waals surface area contributed by atoms with Crippen molar-refractivity contribution >= 4 is 34.8 Å². The first kappa shape index (κ1) is 17.3. The van der Waals surface area contributed by atoms with E-state index in [9.17, 15) is 9.59 Å². The van der Waals surface area contributed by atoms with Crippen LogP contribution >= 0.6 is 11.6 Å². The zero-order valence-corrected chi connectivity index (χ0v) is 14.5. The number of carbonyl (C=O) groups excluding carboxylic acids is 2. The number of carbonyl (C=O) groups is 2. The van der Waals surface area contributed by atoms with Gasteiger partial charge in [-0.2, -0.15) is 0 Å². The Balaban J connectivity index is 1.58. The highest BCUT2D eigenvalue weighted by Gasteiger charge is 2.19. The van der Waals surface area contributed by atoms with Gasteiger partial charge in [-0.25, -0.2) is 0 Å². The molecule has 3 rings (SSSR count). The number of rotatable bonds is 5. The molecule has 1 aliphatic heterocycles. The fourth-order valence-corrected chi connectivity index (χ4v) is 2.83. The second kappa shape index (κ2) is 8.03. The molecule has 0 aromatic heterocycles. The molecular weight excluding hydrogens is 340 g/mol. The number of benzene rings is 2. The van der Waals surface area contributed by atoms with Crippen molar-refractivity contribution in [1.82, 2.24) is 0 Å². The van der Waals surface area contributed by atoms with Gasteiger partial charge in [0.2, 0.25) is 5.91 Å². The minimum atomic E-state index is -0.267. The summed E-state index contributed by atoms with van der Waals surface area (Å²) in [7, 11) is 0. The molecular formula is C19H19ClN2O3. The lowest BCUT2D eigenvalue weighted by molar-refractivity contribution is -0.119. The number of nitrogens with zero attached hydrogens (tertiary/aromatic N) is 1. The van der Waals surface area contributed by atoms with Crippen molar-refractivity contribution < 1.29 is 14.3 Å². The topological polar surface area (TPSA) is 58.6 Å². The molecule has 0 radical (unpaired) electrons. The summed E-state index contributed by atoms with van der Waals surface area (Å²) in [4.78, 5) is 25.8. The van der Waals surface area contributed by atoms with Gasteiger partial charge in [0.05, 0.1) is 0 Å². The third kappa shape index (κ3) is 4.73. The van der Waals surface area contributed by atoms with Crippen molar-refractivity contribution in [3.8, 4) is 5.75 Å². The van der Waals surface area contributed by atoms with Gasteiger partial charge in [0.15, 0.2) is 6.61 Å². The molecule has 6 heteroatoms. The smallest absolute Gasteiger partial charge is 0.262 e. The van der Waals surface area contributed by atoms with Gasteiger partial charge in [-0.3, -0.25) is 9.59 Å². The van der Waals surface area contributed by atoms with Crippen molar-refractivity contribution in [2.45, 2.75) is 19.3 Å². The second-order valence-corrected chi connectivity index (χ2v) is 6.28. The van der Waals surface area contributed by atoms with E-state index in [1.807, 2.05) is 18.2 Å². The molecule has 1 N–H and O–H groups in total. The molecule has 2 aromatic carbocycles. The molecule has 0 bridgehead atoms. The molecule has 1 aliphatic rings. The maximum absolute atomic E-state index is 12.1. The monoisotopic (exact) mass is 358 g/mol. The van der Waals surface area contributed by atoms with E-state index in [-0.39, 0.29) is 18.4 Å². The van der Waals surface area contributed by atoms with Crippen LogP contribution in [0.3, 0.4) is 0 Å². The van der Waals surface area contributed by atoms with Crippen LogP contribution in [0.5, 0.6) is 5.75 Å². The molecule has 2 aromatic rings. The Bertz CT molecular complexity index is 762. The van der Waals surface area contributed by atoms with Gasteiger partial charge in [0.25, 0.3) is 5.91 Å². The van der Waals surface area contributed by atoms with Crippen molar-refractivity contribution in [2.75, 3.05) is 23.4 Å². The zero-order valence-electron chi connectivity index (χ0n) is 13.7. The maximum atomic E-state index is 12.1. The number of hydrogen-bond acceptors (Lipinski definition) is 3. The summed E-state index contributed by atoms with van der Waals surface area (Å²) in [5, 5.41) is 3.40. The average molecular weight is 359 g/mol. The number of hydrogen-bond donors (Lipinski definition) is 1. The average Bonchev–Trinajstić information content (AvgIpc) is 2.62. The molecule has 1 fully saturated rings. The summed E-state index contributed by atoms with van der Waals surface area (Å²) in [6.07, 6.45) is 2.51. The van der Waals surface area contributed by atoms with Gasteiger partial charge in [-0.15, -0.1) is 0 Å². The van der Waals surface area contributed by atoms with Crippen molar-refractivity contribution in [2.24, 2.45) is 0 Å². The van der Waals surface area contributed by atoms with E-state index < -0.39 is 0 Å². The third-order valence-corrected chi connectivity index (χ3v) is 4.20. The van der Waals surface area contributed by atoms with Gasteiger partial charge in [0.1, 0.15) is 5.75 Å². The Hall–Kier alpha value is -2.53. The van der Waals surface area contributed by atoms with Crippen LogP contribution in [0.4, 0.5) is 11.4 Å². The summed E-state index contributed by atoms with van der Waals surface area (Å²) >= 11 is 5.81. The summed E-state index contributed by atoms with van der Waals surface area (Å²) in [6, 6.07) is 14.1. The van der Waals surface area contributed by atoms with E-state index in [0.29, 0.717) is 22.9 Å². The van der Waals surface area contributed by atoms with Crippen LogP contribution in [0.15, 0.2) is 48.5 Å². The number of nitrogens with one attached hydrogen (secondary N) is 1. The SMILES string of the molecule is O=C(COc1ccc(Cl)cc1)Nc1cccc(N2CCCCC2=O)c1. The normalized spacial score (nSPS) is 14.3. The van der Waals surface area contributed by atoms with Crippen LogP contribution in [0.1, 0.15) is 19.3 Å². The minimum Gasteiger partial charge on any atom is -0.484 e. The van der Waals surface area contributed by atoms with Gasteiger partial charge in [0, 0.05) is 29.4 Å². The van der Waals surface area contributed by atoms with E-state index in [2.05, 4.69) is 5.32 Å². The molecule has 0 spiro atoms. The lowest BCUT2D eigenvalue weighted by atomic mass is 10.1. The van der Waals surface area contributed by atoms with E-state index in [1.165, 1.54) is 0 Å². The van der Waals surface area contributed by atoms with Crippen molar-refractivity contribution in [3.63, 3.8) is 0 Å². The van der Waals surface area contributed by atoms with Gasteiger partial charge in [-0.1, -0.05) is 17.7 Å². The highest BCUT2D eigenvalue weighted by molar-refractivity contribution is 6.30. The summed E-state index contributed by atoms with van der Waals surface area (Å²) in [5.41, 5.74) is 1.45. The first-order valence-electron chi connectivity index (χ1n) is 8.20. The minimum absolute atomic E-state index is 0.103. The number of piperidine rings is 1. The Morgan fingerprint density at radius 2 is 1.96 bits per heavy atom. The van der Waals surface area contributed by atoms with E-state index >= 15 is 0 Å². The van der Waals surface area contributed by atoms with Crippen LogP contribution in [0.2, 0.25) is 5.02 Å². The first-order chi connectivity index (χ1) is 12.1. The molecule has 0 aliphatic carbocycles. The number of anilines is 2. The van der Waals surface area contributed by atoms with Crippen LogP contribution in [-0.4, -0.2) is 25.0 Å². The lowest BCUT2D eigenvalue weighted by Crippen LogP contribution is -2.35. The van der Waals surface area contributed by atoms with Gasteiger partial charge < -0.3 is 15.0 Å². The second-order valence-electron chi connectivity index (χ2n) is 5.84. The number of ether oxygens (including phenoxy) is 1. The van der Waals surface area contributed by atoms with Crippen LogP contribution in [0.25, 0.3) is 0 Å². The standard InChI is InChI=1S/C19H19ClN2O3/c20-14-7-9-17(10-8-14)25-13-18(23)21-15-4-3-5-16(12-15)22-11-2-1-6-19(22)24/h3-5,7-10,12H,1-2,6,11,13H2,(H,21,23). The Kier molecular flexibility index (Phi) is 5.56. The van der Waals surface area contributed by atoms with E-state index in [4.69, 9.17) is 16.3 Å². The van der Waals surface area contributed by atoms with Crippen molar-refractivity contribution in [3.05, 3.63) is 53.6 Å². The molecule has 0 unspecified atom stereocenters. The van der Waals surface area contributed by atoms with E-state index in [1.54, 1.807) is 35.2 Å². The summed E-state index contributed by atoms with van der Waals surface area (Å²) < 4.78 is 5.42. The Morgan fingerprint density at radius 3 is 2.72 bits per heavy atom. The Labute approximate surface area is 151 Å². The van der Waals surface area contributed by atoms with Crippen LogP contribution < -0.4 is 15.0 Å². The third-order valence-electron chi connectivity index (χ3n) is 3.95. The van der Waals surface area contributed by atoms with Crippen LogP contribution in [0, 0.1) is 0 Å². The van der Waals surface area contributed by atoms with Gasteiger partial charge >= 0.3 is 0 Å². The number of halogens is 1. The molecule has 130 valence electrons. The first-order valence-corrected chi connectivity index (χ1v) is 8.58. The quantitative estimate of drug-likeness (QED) is 0.882. The highest BCUT2D eigenvalue weighted by atomic mass is 35.5. The summed E-state index contributed by atoms with van der Waals surface area (Å²) in [6.45, 7) is 0.615. The molecule has 25 heavy (non-hydrogen) atoms. The van der Waals surface area contributed by atoms with Crippen LogP contribution in [-0.2, 0) is 9.59 Å². The van der Waals surface area contributed by atoms with E-state index in [0.717, 1.165) is 25.1 Å². The molecule has 2 amide bonds. The fourth-order valence-electron chi connectivity index (χ4n) is 2.71. The Morgan fingerprint density at radius 1 is 1.16 bits per heavy atom. The molecule has 5 nitrogen and oxygen atoms in total. The summed E-state index contributed by atoms with van der Waals surface area (Å²) in [5.74, 6) is 0.435. The predicted molar refractivity (Wildman–Crippen MR) is 98.2 cm³/mol. The van der Waals surface area contributed by atoms with Gasteiger partial charge in [-0.05, 0) is 55.3 Å². The lowest BCUT2D eigenvalue weighted by Gasteiger charge is -2.27. The fraction of sp³-hybridized carbons (Fsp3) is 0.263. The highest BCUT2D eigenvalue weighted by Crippen LogP contribution is 2.24. The predicted octanol–water partition coefficient (Wildman–Crippen LogP) is 3.87.